The van der Waals surface area contributed by atoms with Crippen LogP contribution in [0.1, 0.15) is 19.8 Å². The van der Waals surface area contributed by atoms with Crippen molar-refractivity contribution in [1.29, 1.82) is 0 Å². The second-order valence-corrected chi connectivity index (χ2v) is 8.79. The number of nitrogens with zero attached hydrogens (tertiary/aromatic N) is 4. The molecule has 0 saturated carbocycles. The van der Waals surface area contributed by atoms with Gasteiger partial charge in [0.2, 0.25) is 5.91 Å². The highest BCUT2D eigenvalue weighted by molar-refractivity contribution is 6.01. The van der Waals surface area contributed by atoms with Gasteiger partial charge in [0.05, 0.1) is 46.7 Å². The van der Waals surface area contributed by atoms with Crippen molar-refractivity contribution in [3.8, 4) is 33.8 Å². The maximum absolute atomic E-state index is 13.9. The second kappa shape index (κ2) is 9.27. The Hall–Kier alpha value is -4.92. The summed E-state index contributed by atoms with van der Waals surface area (Å²) >= 11 is 0. The van der Waals surface area contributed by atoms with Gasteiger partial charge < -0.3 is 10.3 Å². The number of H-pyrrole nitrogens is 2. The summed E-state index contributed by atoms with van der Waals surface area (Å²) in [6.07, 6.45) is 9.76. The van der Waals surface area contributed by atoms with Crippen molar-refractivity contribution >= 4 is 33.4 Å². The van der Waals surface area contributed by atoms with Crippen LogP contribution in [0, 0.1) is 5.82 Å². The lowest BCUT2D eigenvalue weighted by atomic mass is 10.0. The van der Waals surface area contributed by atoms with E-state index in [1.165, 1.54) is 12.1 Å². The SMILES string of the molecule is CCCC(=O)Nc1cncc(-c2cc3c(-c4cc5c(-c6cccc(F)c6)cncc5[nH]4)n[nH]c3cn2)c1. The number of hydrogen-bond donors (Lipinski definition) is 3. The first-order valence-electron chi connectivity index (χ1n) is 11.9. The topological polar surface area (TPSA) is 112 Å². The molecule has 0 aliphatic carbocycles. The molecule has 0 spiro atoms. The lowest BCUT2D eigenvalue weighted by molar-refractivity contribution is -0.116. The van der Waals surface area contributed by atoms with Gasteiger partial charge in [-0.05, 0) is 42.3 Å². The van der Waals surface area contributed by atoms with Crippen molar-refractivity contribution in [3.63, 3.8) is 0 Å². The van der Waals surface area contributed by atoms with Crippen LogP contribution in [0.25, 0.3) is 55.6 Å². The third kappa shape index (κ3) is 4.31. The molecule has 1 amide bonds. The highest BCUT2D eigenvalue weighted by Gasteiger charge is 2.16. The number of nitrogens with one attached hydrogen (secondary N) is 3. The predicted molar refractivity (Wildman–Crippen MR) is 141 cm³/mol. The van der Waals surface area contributed by atoms with Crippen molar-refractivity contribution in [3.05, 3.63) is 79.3 Å². The van der Waals surface area contributed by atoms with Crippen molar-refractivity contribution in [2.24, 2.45) is 0 Å². The number of pyridine rings is 3. The maximum atomic E-state index is 13.9. The van der Waals surface area contributed by atoms with E-state index in [4.69, 9.17) is 0 Å². The number of anilines is 1. The van der Waals surface area contributed by atoms with Gasteiger partial charge in [0.25, 0.3) is 0 Å². The van der Waals surface area contributed by atoms with E-state index in [0.717, 1.165) is 56.3 Å². The molecule has 182 valence electrons. The standard InChI is InChI=1S/C28H22FN7O/c1-2-4-27(37)33-19-8-17(11-30-12-19)23-10-21-26(15-32-23)35-36-28(21)24-9-20-22(13-31-14-25(20)34-24)16-5-3-6-18(29)7-16/h3,5-15,34H,2,4H2,1H3,(H,33,37)(H,35,36). The molecule has 0 atom stereocenters. The number of benzene rings is 1. The van der Waals surface area contributed by atoms with E-state index in [9.17, 15) is 9.18 Å². The molecule has 5 aromatic heterocycles. The Balaban J connectivity index is 1.40. The molecule has 8 nitrogen and oxygen atoms in total. The molecular weight excluding hydrogens is 469 g/mol. The molecule has 1 aromatic carbocycles. The summed E-state index contributed by atoms with van der Waals surface area (Å²) in [5.74, 6) is -0.347. The Morgan fingerprint density at radius 2 is 1.84 bits per heavy atom. The molecule has 0 aliphatic rings. The fraction of sp³-hybridized carbons (Fsp3) is 0.107. The van der Waals surface area contributed by atoms with Gasteiger partial charge in [-0.1, -0.05) is 19.1 Å². The first-order valence-corrected chi connectivity index (χ1v) is 11.9. The van der Waals surface area contributed by atoms with Gasteiger partial charge in [-0.15, -0.1) is 0 Å². The molecule has 0 radical (unpaired) electrons. The highest BCUT2D eigenvalue weighted by atomic mass is 19.1. The van der Waals surface area contributed by atoms with Crippen molar-refractivity contribution < 1.29 is 9.18 Å². The van der Waals surface area contributed by atoms with E-state index >= 15 is 0 Å². The van der Waals surface area contributed by atoms with Gasteiger partial charge in [-0.25, -0.2) is 4.39 Å². The van der Waals surface area contributed by atoms with Crippen LogP contribution < -0.4 is 5.32 Å². The minimum absolute atomic E-state index is 0.0482. The molecule has 9 heteroatoms. The Morgan fingerprint density at radius 1 is 0.946 bits per heavy atom. The second-order valence-electron chi connectivity index (χ2n) is 8.79. The van der Waals surface area contributed by atoms with Crippen LogP contribution in [0.5, 0.6) is 0 Å². The maximum Gasteiger partial charge on any atom is 0.224 e. The number of fused-ring (bicyclic) bond motifs is 2. The van der Waals surface area contributed by atoms with Gasteiger partial charge in [-0.3, -0.25) is 24.8 Å². The fourth-order valence-corrected chi connectivity index (χ4v) is 4.44. The first kappa shape index (κ1) is 22.5. The summed E-state index contributed by atoms with van der Waals surface area (Å²) in [6.45, 7) is 1.96. The van der Waals surface area contributed by atoms with Crippen LogP contribution in [0.4, 0.5) is 10.1 Å². The van der Waals surface area contributed by atoms with Gasteiger partial charge in [-0.2, -0.15) is 5.10 Å². The van der Waals surface area contributed by atoms with Crippen LogP contribution in [0.3, 0.4) is 0 Å². The van der Waals surface area contributed by atoms with Crippen LogP contribution in [-0.2, 0) is 4.79 Å². The molecule has 0 bridgehead atoms. The number of amides is 1. The van der Waals surface area contributed by atoms with Crippen LogP contribution in [-0.4, -0.2) is 36.0 Å². The normalized spacial score (nSPS) is 11.3. The summed E-state index contributed by atoms with van der Waals surface area (Å²) in [5.41, 5.74) is 6.80. The molecule has 0 unspecified atom stereocenters. The molecule has 0 saturated heterocycles. The predicted octanol–water partition coefficient (Wildman–Crippen LogP) is 6.11. The van der Waals surface area contributed by atoms with E-state index in [0.29, 0.717) is 17.8 Å². The minimum atomic E-state index is -0.299. The van der Waals surface area contributed by atoms with Gasteiger partial charge in [0.1, 0.15) is 11.5 Å². The molecule has 37 heavy (non-hydrogen) atoms. The zero-order valence-electron chi connectivity index (χ0n) is 19.9. The van der Waals surface area contributed by atoms with Crippen molar-refractivity contribution in [2.75, 3.05) is 5.32 Å². The third-order valence-electron chi connectivity index (χ3n) is 6.18. The Morgan fingerprint density at radius 3 is 2.70 bits per heavy atom. The van der Waals surface area contributed by atoms with Gasteiger partial charge in [0.15, 0.2) is 0 Å². The van der Waals surface area contributed by atoms with Gasteiger partial charge >= 0.3 is 0 Å². The van der Waals surface area contributed by atoms with E-state index in [2.05, 4.69) is 35.5 Å². The Kier molecular flexibility index (Phi) is 5.65. The van der Waals surface area contributed by atoms with Crippen LogP contribution >= 0.6 is 0 Å². The molecule has 0 aliphatic heterocycles. The zero-order valence-corrected chi connectivity index (χ0v) is 19.9. The number of aromatic nitrogens is 6. The summed E-state index contributed by atoms with van der Waals surface area (Å²) in [7, 11) is 0. The molecule has 6 rings (SSSR count). The van der Waals surface area contributed by atoms with E-state index in [-0.39, 0.29) is 11.7 Å². The molecule has 3 N–H and O–H groups in total. The van der Waals surface area contributed by atoms with Gasteiger partial charge in [0, 0.05) is 40.7 Å². The molecule has 6 aromatic rings. The first-order chi connectivity index (χ1) is 18.1. The number of hydrogen-bond acceptors (Lipinski definition) is 5. The smallest absolute Gasteiger partial charge is 0.224 e. The number of aromatic amines is 2. The van der Waals surface area contributed by atoms with Crippen LogP contribution in [0.15, 0.2) is 73.4 Å². The largest absolute Gasteiger partial charge is 0.352 e. The number of carbonyl (C=O) groups excluding carboxylic acids is 1. The fourth-order valence-electron chi connectivity index (χ4n) is 4.44. The summed E-state index contributed by atoms with van der Waals surface area (Å²) in [6, 6.07) is 12.3. The van der Waals surface area contributed by atoms with Crippen LogP contribution in [0.2, 0.25) is 0 Å². The zero-order chi connectivity index (χ0) is 25.4. The summed E-state index contributed by atoms with van der Waals surface area (Å²) < 4.78 is 13.9. The van der Waals surface area contributed by atoms with E-state index < -0.39 is 0 Å². The van der Waals surface area contributed by atoms with Crippen molar-refractivity contribution in [2.45, 2.75) is 19.8 Å². The molecule has 5 heterocycles. The monoisotopic (exact) mass is 491 g/mol. The minimum Gasteiger partial charge on any atom is -0.352 e. The Bertz CT molecular complexity index is 1770. The molecular formula is C28H22FN7O. The molecule has 0 fully saturated rings. The summed E-state index contributed by atoms with van der Waals surface area (Å²) in [5, 5.41) is 12.3. The average Bonchev–Trinajstić information content (AvgIpc) is 3.52. The number of halogens is 1. The number of rotatable bonds is 6. The lowest BCUT2D eigenvalue weighted by Crippen LogP contribution is -2.10. The highest BCUT2D eigenvalue weighted by Crippen LogP contribution is 2.34. The van der Waals surface area contributed by atoms with E-state index in [1.807, 2.05) is 31.2 Å². The lowest BCUT2D eigenvalue weighted by Gasteiger charge is -2.06. The Labute approximate surface area is 211 Å². The summed E-state index contributed by atoms with van der Waals surface area (Å²) in [4.78, 5) is 28.6. The third-order valence-corrected chi connectivity index (χ3v) is 6.18. The quantitative estimate of drug-likeness (QED) is 0.260. The van der Waals surface area contributed by atoms with Crippen molar-refractivity contribution in [1.82, 2.24) is 30.1 Å². The average molecular weight is 492 g/mol. The number of carbonyl (C=O) groups is 1. The van der Waals surface area contributed by atoms with E-state index in [1.54, 1.807) is 37.1 Å².